The molecule has 1 atom stereocenters. The minimum absolute atomic E-state index is 0.231. The topological polar surface area (TPSA) is 12.0 Å². The predicted octanol–water partition coefficient (Wildman–Crippen LogP) is 5.99. The first-order valence-corrected chi connectivity index (χ1v) is 9.28. The molecule has 0 radical (unpaired) electrons. The van der Waals surface area contributed by atoms with Gasteiger partial charge in [0, 0.05) is 19.1 Å². The van der Waals surface area contributed by atoms with Crippen molar-refractivity contribution in [1.29, 1.82) is 0 Å². The third-order valence-corrected chi connectivity index (χ3v) is 4.88. The second-order valence-corrected chi connectivity index (χ2v) is 7.57. The van der Waals surface area contributed by atoms with Crippen LogP contribution in [0.1, 0.15) is 30.5 Å². The van der Waals surface area contributed by atoms with E-state index in [9.17, 15) is 0 Å². The molecule has 112 valence electrons. The van der Waals surface area contributed by atoms with Gasteiger partial charge in [-0.15, -0.1) is 0 Å². The Morgan fingerprint density at radius 3 is 2.57 bits per heavy atom. The quantitative estimate of drug-likeness (QED) is 0.503. The molecule has 0 spiro atoms. The molecule has 2 aromatic rings. The number of halogens is 3. The standard InChI is InChI=1S/C17H18BrClIN/c1-2-9-21-17(10-12-3-6-14(20)7-4-12)15-11-13(18)5-8-16(15)19/h3-8,11,17,21H,2,9-10H2,1H3. The van der Waals surface area contributed by atoms with Gasteiger partial charge in [0.1, 0.15) is 0 Å². The highest BCUT2D eigenvalue weighted by atomic mass is 127. The summed E-state index contributed by atoms with van der Waals surface area (Å²) < 4.78 is 2.32. The van der Waals surface area contributed by atoms with Gasteiger partial charge < -0.3 is 5.32 Å². The summed E-state index contributed by atoms with van der Waals surface area (Å²) in [5.74, 6) is 0. The smallest absolute Gasteiger partial charge is 0.0454 e. The first kappa shape index (κ1) is 17.3. The largest absolute Gasteiger partial charge is 0.310 e. The fourth-order valence-electron chi connectivity index (χ4n) is 2.25. The van der Waals surface area contributed by atoms with Crippen molar-refractivity contribution in [3.63, 3.8) is 0 Å². The van der Waals surface area contributed by atoms with E-state index in [0.29, 0.717) is 0 Å². The highest BCUT2D eigenvalue weighted by Crippen LogP contribution is 2.29. The van der Waals surface area contributed by atoms with E-state index in [1.54, 1.807) is 0 Å². The molecule has 21 heavy (non-hydrogen) atoms. The Morgan fingerprint density at radius 2 is 1.90 bits per heavy atom. The number of hydrogen-bond acceptors (Lipinski definition) is 1. The summed E-state index contributed by atoms with van der Waals surface area (Å²) in [6, 6.07) is 15.0. The van der Waals surface area contributed by atoms with Crippen LogP contribution in [0.25, 0.3) is 0 Å². The van der Waals surface area contributed by atoms with Crippen molar-refractivity contribution in [1.82, 2.24) is 5.32 Å². The average molecular weight is 479 g/mol. The van der Waals surface area contributed by atoms with Crippen LogP contribution in [0.3, 0.4) is 0 Å². The molecule has 0 saturated heterocycles. The van der Waals surface area contributed by atoms with Gasteiger partial charge in [-0.25, -0.2) is 0 Å². The molecule has 0 fully saturated rings. The zero-order valence-corrected chi connectivity index (χ0v) is 16.4. The molecule has 0 aliphatic heterocycles. The lowest BCUT2D eigenvalue weighted by Crippen LogP contribution is -2.24. The van der Waals surface area contributed by atoms with E-state index in [-0.39, 0.29) is 6.04 Å². The van der Waals surface area contributed by atoms with Crippen molar-refractivity contribution >= 4 is 50.1 Å². The van der Waals surface area contributed by atoms with Crippen LogP contribution in [-0.2, 0) is 6.42 Å². The van der Waals surface area contributed by atoms with Gasteiger partial charge in [-0.2, -0.15) is 0 Å². The molecule has 2 rings (SSSR count). The second kappa shape index (κ2) is 8.51. The molecule has 0 aliphatic carbocycles. The SMILES string of the molecule is CCCNC(Cc1ccc(I)cc1)c1cc(Br)ccc1Cl. The fraction of sp³-hybridized carbons (Fsp3) is 0.294. The van der Waals surface area contributed by atoms with Gasteiger partial charge in [0.25, 0.3) is 0 Å². The molecular formula is C17H18BrClIN. The Labute approximate surface area is 153 Å². The average Bonchev–Trinajstić information content (AvgIpc) is 2.48. The van der Waals surface area contributed by atoms with E-state index in [1.807, 2.05) is 12.1 Å². The van der Waals surface area contributed by atoms with Gasteiger partial charge in [0.05, 0.1) is 0 Å². The van der Waals surface area contributed by atoms with Crippen LogP contribution >= 0.6 is 50.1 Å². The van der Waals surface area contributed by atoms with Crippen molar-refractivity contribution in [2.75, 3.05) is 6.54 Å². The van der Waals surface area contributed by atoms with Crippen LogP contribution in [0.5, 0.6) is 0 Å². The lowest BCUT2D eigenvalue weighted by molar-refractivity contribution is 0.529. The molecule has 0 aliphatic rings. The summed E-state index contributed by atoms with van der Waals surface area (Å²) in [7, 11) is 0. The minimum Gasteiger partial charge on any atom is -0.310 e. The Morgan fingerprint density at radius 1 is 1.19 bits per heavy atom. The van der Waals surface area contributed by atoms with Crippen molar-refractivity contribution in [2.45, 2.75) is 25.8 Å². The maximum atomic E-state index is 6.40. The van der Waals surface area contributed by atoms with E-state index in [2.05, 4.69) is 81.1 Å². The zero-order valence-electron chi connectivity index (χ0n) is 11.9. The Balaban J connectivity index is 2.25. The van der Waals surface area contributed by atoms with Crippen molar-refractivity contribution < 1.29 is 0 Å². The summed E-state index contributed by atoms with van der Waals surface area (Å²) in [5.41, 5.74) is 2.47. The fourth-order valence-corrected chi connectivity index (χ4v) is 3.24. The molecule has 1 nitrogen and oxygen atoms in total. The van der Waals surface area contributed by atoms with Crippen LogP contribution < -0.4 is 5.32 Å². The third-order valence-electron chi connectivity index (χ3n) is 3.33. The Hall–Kier alpha value is -0.100. The molecule has 1 unspecified atom stereocenters. The molecule has 0 amide bonds. The molecule has 2 aromatic carbocycles. The van der Waals surface area contributed by atoms with Crippen LogP contribution in [0, 0.1) is 3.57 Å². The number of hydrogen-bond donors (Lipinski definition) is 1. The van der Waals surface area contributed by atoms with Gasteiger partial charge in [-0.3, -0.25) is 0 Å². The molecule has 0 aromatic heterocycles. The van der Waals surface area contributed by atoms with Crippen LogP contribution in [0.2, 0.25) is 5.02 Å². The van der Waals surface area contributed by atoms with E-state index in [0.717, 1.165) is 34.4 Å². The monoisotopic (exact) mass is 477 g/mol. The zero-order chi connectivity index (χ0) is 15.2. The molecular weight excluding hydrogens is 460 g/mol. The highest BCUT2D eigenvalue weighted by molar-refractivity contribution is 14.1. The molecule has 1 N–H and O–H groups in total. The van der Waals surface area contributed by atoms with Crippen molar-refractivity contribution in [3.8, 4) is 0 Å². The van der Waals surface area contributed by atoms with E-state index < -0.39 is 0 Å². The van der Waals surface area contributed by atoms with Gasteiger partial charge >= 0.3 is 0 Å². The molecule has 0 saturated carbocycles. The van der Waals surface area contributed by atoms with Crippen LogP contribution in [0.15, 0.2) is 46.9 Å². The van der Waals surface area contributed by atoms with Gasteiger partial charge in [-0.1, -0.05) is 46.6 Å². The Bertz CT molecular complexity index is 586. The third kappa shape index (κ3) is 5.23. The summed E-state index contributed by atoms with van der Waals surface area (Å²) in [6.07, 6.45) is 2.04. The molecule has 0 heterocycles. The normalized spacial score (nSPS) is 12.4. The summed E-state index contributed by atoms with van der Waals surface area (Å²) in [6.45, 7) is 3.16. The highest BCUT2D eigenvalue weighted by Gasteiger charge is 2.15. The predicted molar refractivity (Wildman–Crippen MR) is 103 cm³/mol. The maximum absolute atomic E-state index is 6.40. The molecule has 4 heteroatoms. The van der Waals surface area contributed by atoms with Gasteiger partial charge in [0.15, 0.2) is 0 Å². The molecule has 0 bridgehead atoms. The summed E-state index contributed by atoms with van der Waals surface area (Å²) >= 11 is 12.3. The minimum atomic E-state index is 0.231. The van der Waals surface area contributed by atoms with Crippen molar-refractivity contribution in [2.24, 2.45) is 0 Å². The lowest BCUT2D eigenvalue weighted by atomic mass is 9.98. The van der Waals surface area contributed by atoms with Gasteiger partial charge in [0.2, 0.25) is 0 Å². The number of rotatable bonds is 6. The van der Waals surface area contributed by atoms with Gasteiger partial charge in [-0.05, 0) is 83.4 Å². The number of nitrogens with one attached hydrogen (secondary N) is 1. The number of benzene rings is 2. The van der Waals surface area contributed by atoms with E-state index >= 15 is 0 Å². The van der Waals surface area contributed by atoms with Crippen LogP contribution in [0.4, 0.5) is 0 Å². The summed E-state index contributed by atoms with van der Waals surface area (Å²) in [5, 5.41) is 4.43. The van der Waals surface area contributed by atoms with E-state index in [4.69, 9.17) is 11.6 Å². The first-order chi connectivity index (χ1) is 10.1. The lowest BCUT2D eigenvalue weighted by Gasteiger charge is -2.21. The second-order valence-electron chi connectivity index (χ2n) is 5.00. The van der Waals surface area contributed by atoms with E-state index in [1.165, 1.54) is 9.13 Å². The summed E-state index contributed by atoms with van der Waals surface area (Å²) in [4.78, 5) is 0. The maximum Gasteiger partial charge on any atom is 0.0454 e. The van der Waals surface area contributed by atoms with Crippen LogP contribution in [-0.4, -0.2) is 6.54 Å². The first-order valence-electron chi connectivity index (χ1n) is 7.03. The van der Waals surface area contributed by atoms with Crippen molar-refractivity contribution in [3.05, 3.63) is 66.7 Å². The Kier molecular flexibility index (Phi) is 6.99.